The quantitative estimate of drug-likeness (QED) is 0.743. The number of amidine groups is 1. The van der Waals surface area contributed by atoms with Crippen molar-refractivity contribution in [1.29, 1.82) is 0 Å². The molecule has 1 aliphatic heterocycles. The SMILES string of the molecule is CC1CC(C)CC(N=C2NC(C)CS2)C1. The van der Waals surface area contributed by atoms with Gasteiger partial charge >= 0.3 is 0 Å². The van der Waals surface area contributed by atoms with E-state index in [1.54, 1.807) is 0 Å². The zero-order chi connectivity index (χ0) is 10.8. The number of rotatable bonds is 1. The van der Waals surface area contributed by atoms with Crippen molar-refractivity contribution in [2.75, 3.05) is 5.75 Å². The maximum Gasteiger partial charge on any atom is 0.157 e. The van der Waals surface area contributed by atoms with Crippen molar-refractivity contribution in [3.63, 3.8) is 0 Å². The number of hydrogen-bond acceptors (Lipinski definition) is 2. The van der Waals surface area contributed by atoms with Gasteiger partial charge in [0.15, 0.2) is 5.17 Å². The van der Waals surface area contributed by atoms with Gasteiger partial charge in [0.25, 0.3) is 0 Å². The second-order valence-corrected chi connectivity index (χ2v) is 6.37. The first-order valence-electron chi connectivity index (χ1n) is 6.10. The lowest BCUT2D eigenvalue weighted by Gasteiger charge is -2.29. The lowest BCUT2D eigenvalue weighted by molar-refractivity contribution is 0.271. The highest BCUT2D eigenvalue weighted by Gasteiger charge is 2.25. The number of nitrogens with one attached hydrogen (secondary N) is 1. The molecule has 0 amide bonds. The standard InChI is InChI=1S/C12H22N2S/c1-8-4-9(2)6-11(5-8)14-12-13-10(3)7-15-12/h8-11H,4-7H2,1-3H3,(H,13,14). The van der Waals surface area contributed by atoms with Gasteiger partial charge in [0, 0.05) is 11.8 Å². The van der Waals surface area contributed by atoms with Gasteiger partial charge in [0.1, 0.15) is 0 Å². The van der Waals surface area contributed by atoms with Crippen LogP contribution in [0.3, 0.4) is 0 Å². The zero-order valence-corrected chi connectivity index (χ0v) is 10.8. The second-order valence-electron chi connectivity index (χ2n) is 5.36. The Morgan fingerprint density at radius 3 is 2.33 bits per heavy atom. The molecule has 0 spiro atoms. The van der Waals surface area contributed by atoms with E-state index in [4.69, 9.17) is 4.99 Å². The molecule has 1 N–H and O–H groups in total. The fourth-order valence-electron chi connectivity index (χ4n) is 2.75. The third-order valence-corrected chi connectivity index (χ3v) is 4.46. The average Bonchev–Trinajstić information content (AvgIpc) is 2.49. The lowest BCUT2D eigenvalue weighted by atomic mass is 9.81. The number of nitrogens with zero attached hydrogens (tertiary/aromatic N) is 1. The fourth-order valence-corrected chi connectivity index (χ4v) is 3.75. The molecule has 0 aromatic rings. The van der Waals surface area contributed by atoms with Crippen LogP contribution in [0.2, 0.25) is 0 Å². The van der Waals surface area contributed by atoms with Gasteiger partial charge in [-0.1, -0.05) is 25.6 Å². The predicted molar refractivity (Wildman–Crippen MR) is 68.5 cm³/mol. The Hall–Kier alpha value is -0.180. The molecule has 15 heavy (non-hydrogen) atoms. The largest absolute Gasteiger partial charge is 0.362 e. The summed E-state index contributed by atoms with van der Waals surface area (Å²) in [5.41, 5.74) is 0. The molecule has 3 heteroatoms. The van der Waals surface area contributed by atoms with Crippen molar-refractivity contribution >= 4 is 16.9 Å². The molecular formula is C12H22N2S. The third-order valence-electron chi connectivity index (χ3n) is 3.29. The van der Waals surface area contributed by atoms with Gasteiger partial charge in [0.2, 0.25) is 0 Å². The van der Waals surface area contributed by atoms with Gasteiger partial charge in [-0.05, 0) is 38.0 Å². The van der Waals surface area contributed by atoms with Crippen LogP contribution in [0.4, 0.5) is 0 Å². The highest BCUT2D eigenvalue weighted by atomic mass is 32.2. The van der Waals surface area contributed by atoms with Gasteiger partial charge in [-0.25, -0.2) is 0 Å². The third kappa shape index (κ3) is 3.13. The Labute approximate surface area is 97.3 Å². The summed E-state index contributed by atoms with van der Waals surface area (Å²) in [7, 11) is 0. The van der Waals surface area contributed by atoms with Gasteiger partial charge in [0.05, 0.1) is 6.04 Å². The average molecular weight is 226 g/mol. The van der Waals surface area contributed by atoms with E-state index >= 15 is 0 Å². The summed E-state index contributed by atoms with van der Waals surface area (Å²) in [5.74, 6) is 2.88. The first-order chi connectivity index (χ1) is 7.13. The smallest absolute Gasteiger partial charge is 0.157 e. The van der Waals surface area contributed by atoms with Crippen LogP contribution in [-0.4, -0.2) is 23.0 Å². The molecule has 1 heterocycles. The van der Waals surface area contributed by atoms with Gasteiger partial charge < -0.3 is 5.32 Å². The van der Waals surface area contributed by atoms with E-state index in [9.17, 15) is 0 Å². The van der Waals surface area contributed by atoms with Crippen LogP contribution in [0, 0.1) is 11.8 Å². The van der Waals surface area contributed by atoms with E-state index in [1.165, 1.54) is 30.2 Å². The summed E-state index contributed by atoms with van der Waals surface area (Å²) in [6.45, 7) is 6.95. The van der Waals surface area contributed by atoms with Crippen LogP contribution >= 0.6 is 11.8 Å². The molecule has 0 aromatic heterocycles. The van der Waals surface area contributed by atoms with Gasteiger partial charge in [-0.3, -0.25) is 4.99 Å². The Kier molecular flexibility index (Phi) is 3.60. The van der Waals surface area contributed by atoms with Crippen molar-refractivity contribution in [3.8, 4) is 0 Å². The number of aliphatic imine (C=N–C) groups is 1. The highest BCUT2D eigenvalue weighted by Crippen LogP contribution is 2.31. The van der Waals surface area contributed by atoms with Gasteiger partial charge in [-0.2, -0.15) is 0 Å². The monoisotopic (exact) mass is 226 g/mol. The van der Waals surface area contributed by atoms with Crippen LogP contribution in [-0.2, 0) is 0 Å². The Balaban J connectivity index is 1.93. The molecule has 1 aliphatic carbocycles. The van der Waals surface area contributed by atoms with Crippen LogP contribution in [0.15, 0.2) is 4.99 Å². The summed E-state index contributed by atoms with van der Waals surface area (Å²) < 4.78 is 0. The molecule has 0 radical (unpaired) electrons. The minimum absolute atomic E-state index is 0.573. The fraction of sp³-hybridized carbons (Fsp3) is 0.917. The van der Waals surface area contributed by atoms with Crippen LogP contribution in [0.1, 0.15) is 40.0 Å². The number of hydrogen-bond donors (Lipinski definition) is 1. The molecular weight excluding hydrogens is 204 g/mol. The second kappa shape index (κ2) is 4.77. The molecule has 86 valence electrons. The minimum Gasteiger partial charge on any atom is -0.362 e. The zero-order valence-electron chi connectivity index (χ0n) is 9.99. The van der Waals surface area contributed by atoms with E-state index in [-0.39, 0.29) is 0 Å². The lowest BCUT2D eigenvalue weighted by Crippen LogP contribution is -2.27. The van der Waals surface area contributed by atoms with Crippen molar-refractivity contribution in [2.45, 2.75) is 52.1 Å². The van der Waals surface area contributed by atoms with E-state index in [1.807, 2.05) is 11.8 Å². The van der Waals surface area contributed by atoms with E-state index in [2.05, 4.69) is 26.1 Å². The predicted octanol–water partition coefficient (Wildman–Crippen LogP) is 2.89. The summed E-state index contributed by atoms with van der Waals surface area (Å²) in [5, 5.41) is 4.63. The summed E-state index contributed by atoms with van der Waals surface area (Å²) in [4.78, 5) is 4.85. The number of thioether (sulfide) groups is 1. The van der Waals surface area contributed by atoms with E-state index in [0.717, 1.165) is 11.8 Å². The van der Waals surface area contributed by atoms with Crippen LogP contribution in [0.5, 0.6) is 0 Å². The molecule has 2 fully saturated rings. The molecule has 2 rings (SSSR count). The first-order valence-corrected chi connectivity index (χ1v) is 7.09. The van der Waals surface area contributed by atoms with Gasteiger partial charge in [-0.15, -0.1) is 0 Å². The van der Waals surface area contributed by atoms with Crippen molar-refractivity contribution in [3.05, 3.63) is 0 Å². The molecule has 2 nitrogen and oxygen atoms in total. The Bertz CT molecular complexity index is 242. The minimum atomic E-state index is 0.573. The van der Waals surface area contributed by atoms with Crippen LogP contribution < -0.4 is 5.32 Å². The molecule has 3 unspecified atom stereocenters. The normalized spacial score (nSPS) is 44.3. The molecule has 0 aromatic carbocycles. The summed E-state index contributed by atoms with van der Waals surface area (Å²) in [6, 6.07) is 1.18. The molecule has 3 atom stereocenters. The summed E-state index contributed by atoms with van der Waals surface area (Å²) in [6.07, 6.45) is 3.95. The topological polar surface area (TPSA) is 24.4 Å². The Morgan fingerprint density at radius 1 is 1.13 bits per heavy atom. The highest BCUT2D eigenvalue weighted by molar-refractivity contribution is 8.14. The molecule has 0 bridgehead atoms. The van der Waals surface area contributed by atoms with Crippen molar-refractivity contribution < 1.29 is 0 Å². The van der Waals surface area contributed by atoms with Crippen molar-refractivity contribution in [1.82, 2.24) is 5.32 Å². The molecule has 1 saturated carbocycles. The van der Waals surface area contributed by atoms with E-state index in [0.29, 0.717) is 12.1 Å². The molecule has 1 saturated heterocycles. The Morgan fingerprint density at radius 2 is 1.80 bits per heavy atom. The summed E-state index contributed by atoms with van der Waals surface area (Å²) >= 11 is 1.89. The van der Waals surface area contributed by atoms with Crippen LogP contribution in [0.25, 0.3) is 0 Å². The molecule has 2 aliphatic rings. The van der Waals surface area contributed by atoms with Crippen molar-refractivity contribution in [2.24, 2.45) is 16.8 Å². The maximum absolute atomic E-state index is 4.85. The maximum atomic E-state index is 4.85. The first kappa shape index (κ1) is 11.3. The van der Waals surface area contributed by atoms with E-state index < -0.39 is 0 Å².